The molecule has 2 aromatic carbocycles. The average Bonchev–Trinajstić information content (AvgIpc) is 3.10. The third kappa shape index (κ3) is 4.44. The van der Waals surface area contributed by atoms with E-state index in [1.165, 1.54) is 12.1 Å². The molecule has 0 atom stereocenters. The number of aromatic hydroxyl groups is 1. The number of nitro groups is 1. The minimum Gasteiger partial charge on any atom is -0.502 e. The number of rotatable bonds is 6. The first kappa shape index (κ1) is 18.5. The number of phenols is 1. The van der Waals surface area contributed by atoms with Crippen molar-refractivity contribution in [3.63, 3.8) is 0 Å². The molecule has 0 unspecified atom stereocenters. The number of halogens is 1. The van der Waals surface area contributed by atoms with Crippen molar-refractivity contribution in [3.8, 4) is 17.2 Å². The Morgan fingerprint density at radius 1 is 1.33 bits per heavy atom. The van der Waals surface area contributed by atoms with Crippen LogP contribution in [0.15, 0.2) is 39.9 Å². The number of amides is 1. The van der Waals surface area contributed by atoms with Crippen LogP contribution in [-0.2, 0) is 4.79 Å². The van der Waals surface area contributed by atoms with Crippen molar-refractivity contribution in [3.05, 3.63) is 50.5 Å². The minimum atomic E-state index is -0.717. The molecule has 1 heterocycles. The van der Waals surface area contributed by atoms with E-state index in [0.29, 0.717) is 21.7 Å². The van der Waals surface area contributed by atoms with Crippen LogP contribution in [0.2, 0.25) is 0 Å². The molecule has 0 saturated carbocycles. The van der Waals surface area contributed by atoms with E-state index in [2.05, 4.69) is 31.8 Å². The first-order chi connectivity index (χ1) is 12.9. The molecular weight excluding hydrogens is 424 g/mol. The lowest BCUT2D eigenvalue weighted by Crippen LogP contribution is -2.25. The maximum atomic E-state index is 11.8. The van der Waals surface area contributed by atoms with E-state index in [0.717, 1.165) is 6.21 Å². The van der Waals surface area contributed by atoms with E-state index in [9.17, 15) is 20.0 Å². The standard InChI is InChI=1S/C16H13BrN4O6/c17-10-3-9(16(23)12(4-10)21(24)25)6-19-20-15(22)7-18-11-1-2-13-14(5-11)27-8-26-13/h1-6,18,23H,7-8H2,(H,20,22)/b19-6-. The second-order valence-electron chi connectivity index (χ2n) is 5.33. The largest absolute Gasteiger partial charge is 0.502 e. The van der Waals surface area contributed by atoms with Crippen molar-refractivity contribution in [2.45, 2.75) is 0 Å². The Labute approximate surface area is 161 Å². The highest BCUT2D eigenvalue weighted by atomic mass is 79.9. The molecule has 0 aliphatic carbocycles. The van der Waals surface area contributed by atoms with Gasteiger partial charge in [-0.15, -0.1) is 0 Å². The lowest BCUT2D eigenvalue weighted by molar-refractivity contribution is -0.385. The Balaban J connectivity index is 1.57. The molecule has 0 bridgehead atoms. The monoisotopic (exact) mass is 436 g/mol. The molecule has 2 aromatic rings. The quantitative estimate of drug-likeness (QED) is 0.359. The first-order valence-electron chi connectivity index (χ1n) is 7.56. The van der Waals surface area contributed by atoms with Gasteiger partial charge in [-0.1, -0.05) is 15.9 Å². The highest BCUT2D eigenvalue weighted by Crippen LogP contribution is 2.34. The van der Waals surface area contributed by atoms with Crippen molar-refractivity contribution in [2.75, 3.05) is 18.7 Å². The van der Waals surface area contributed by atoms with Gasteiger partial charge in [-0.2, -0.15) is 5.10 Å². The van der Waals surface area contributed by atoms with Crippen molar-refractivity contribution in [2.24, 2.45) is 5.10 Å². The Morgan fingerprint density at radius 3 is 2.89 bits per heavy atom. The summed E-state index contributed by atoms with van der Waals surface area (Å²) in [6.07, 6.45) is 1.12. The molecular formula is C16H13BrN4O6. The van der Waals surface area contributed by atoms with Crippen molar-refractivity contribution >= 4 is 39.4 Å². The van der Waals surface area contributed by atoms with E-state index in [4.69, 9.17) is 9.47 Å². The average molecular weight is 437 g/mol. The number of anilines is 1. The van der Waals surface area contributed by atoms with Crippen LogP contribution in [0.25, 0.3) is 0 Å². The fourth-order valence-corrected chi connectivity index (χ4v) is 2.71. The highest BCUT2D eigenvalue weighted by Gasteiger charge is 2.17. The van der Waals surface area contributed by atoms with Crippen LogP contribution in [-0.4, -0.2) is 35.5 Å². The molecule has 3 rings (SSSR count). The predicted octanol–water partition coefficient (Wildman–Crippen LogP) is 2.35. The topological polar surface area (TPSA) is 135 Å². The van der Waals surface area contributed by atoms with Gasteiger partial charge in [0.1, 0.15) is 0 Å². The maximum Gasteiger partial charge on any atom is 0.312 e. The Kier molecular flexibility index (Phi) is 5.41. The number of carbonyl (C=O) groups is 1. The molecule has 1 amide bonds. The molecule has 0 saturated heterocycles. The van der Waals surface area contributed by atoms with E-state index < -0.39 is 22.3 Å². The number of hydrogen-bond acceptors (Lipinski definition) is 8. The van der Waals surface area contributed by atoms with Gasteiger partial charge in [-0.25, -0.2) is 5.43 Å². The number of fused-ring (bicyclic) bond motifs is 1. The van der Waals surface area contributed by atoms with Gasteiger partial charge >= 0.3 is 5.69 Å². The number of nitrogens with one attached hydrogen (secondary N) is 2. The number of ether oxygens (including phenoxy) is 2. The SMILES string of the molecule is O=C(CNc1ccc2c(c1)OCO2)N/N=C\c1cc(Br)cc([N+](=O)[O-])c1O. The Bertz CT molecular complexity index is 933. The minimum absolute atomic E-state index is 0.0679. The van der Waals surface area contributed by atoms with Gasteiger partial charge in [0.25, 0.3) is 5.91 Å². The second kappa shape index (κ2) is 7.91. The number of hydrogen-bond donors (Lipinski definition) is 3. The molecule has 1 aliphatic rings. The number of phenolic OH excluding ortho intramolecular Hbond substituents is 1. The molecule has 0 fully saturated rings. The van der Waals surface area contributed by atoms with Crippen molar-refractivity contribution in [1.82, 2.24) is 5.43 Å². The summed E-state index contributed by atoms with van der Waals surface area (Å²) in [4.78, 5) is 22.0. The Hall–Kier alpha value is -3.34. The summed E-state index contributed by atoms with van der Waals surface area (Å²) in [5, 5.41) is 27.4. The number of hydrazone groups is 1. The summed E-state index contributed by atoms with van der Waals surface area (Å²) in [5.74, 6) is 0.232. The third-order valence-corrected chi connectivity index (χ3v) is 3.96. The highest BCUT2D eigenvalue weighted by molar-refractivity contribution is 9.10. The van der Waals surface area contributed by atoms with E-state index in [1.54, 1.807) is 18.2 Å². The Morgan fingerprint density at radius 2 is 2.11 bits per heavy atom. The molecule has 10 nitrogen and oxygen atoms in total. The van der Waals surface area contributed by atoms with E-state index in [1.807, 2.05) is 0 Å². The van der Waals surface area contributed by atoms with Crippen LogP contribution >= 0.6 is 15.9 Å². The summed E-state index contributed by atoms with van der Waals surface area (Å²) in [5.41, 5.74) is 2.54. The summed E-state index contributed by atoms with van der Waals surface area (Å²) >= 11 is 3.11. The lowest BCUT2D eigenvalue weighted by atomic mass is 10.2. The lowest BCUT2D eigenvalue weighted by Gasteiger charge is -2.06. The third-order valence-electron chi connectivity index (χ3n) is 3.50. The second-order valence-corrected chi connectivity index (χ2v) is 6.25. The summed E-state index contributed by atoms with van der Waals surface area (Å²) in [6, 6.07) is 7.77. The predicted molar refractivity (Wildman–Crippen MR) is 99.3 cm³/mol. The molecule has 1 aliphatic heterocycles. The molecule has 0 aromatic heterocycles. The fraction of sp³-hybridized carbons (Fsp3) is 0.125. The van der Waals surface area contributed by atoms with Gasteiger partial charge in [0.15, 0.2) is 11.5 Å². The van der Waals surface area contributed by atoms with Gasteiger partial charge < -0.3 is 19.9 Å². The number of benzene rings is 2. The van der Waals surface area contributed by atoms with Crippen LogP contribution in [0.5, 0.6) is 17.2 Å². The van der Waals surface area contributed by atoms with Gasteiger partial charge in [-0.3, -0.25) is 14.9 Å². The fourth-order valence-electron chi connectivity index (χ4n) is 2.25. The first-order valence-corrected chi connectivity index (χ1v) is 8.35. The van der Waals surface area contributed by atoms with Gasteiger partial charge in [-0.05, 0) is 18.2 Å². The maximum absolute atomic E-state index is 11.8. The summed E-state index contributed by atoms with van der Waals surface area (Å²) in [7, 11) is 0. The molecule has 3 N–H and O–H groups in total. The van der Waals surface area contributed by atoms with Crippen molar-refractivity contribution in [1.29, 1.82) is 0 Å². The molecule has 11 heteroatoms. The zero-order valence-corrected chi connectivity index (χ0v) is 15.2. The summed E-state index contributed by atoms with van der Waals surface area (Å²) in [6.45, 7) is 0.0934. The number of carbonyl (C=O) groups excluding carboxylic acids is 1. The van der Waals surface area contributed by atoms with Crippen LogP contribution < -0.4 is 20.2 Å². The molecule has 27 heavy (non-hydrogen) atoms. The molecule has 140 valence electrons. The smallest absolute Gasteiger partial charge is 0.312 e. The van der Waals surface area contributed by atoms with Gasteiger partial charge in [0.2, 0.25) is 12.5 Å². The van der Waals surface area contributed by atoms with Crippen LogP contribution in [0, 0.1) is 10.1 Å². The van der Waals surface area contributed by atoms with Crippen LogP contribution in [0.1, 0.15) is 5.56 Å². The number of nitro benzene ring substituents is 1. The normalized spacial score (nSPS) is 12.2. The zero-order valence-electron chi connectivity index (χ0n) is 13.6. The summed E-state index contributed by atoms with van der Waals surface area (Å²) < 4.78 is 10.8. The van der Waals surface area contributed by atoms with Crippen LogP contribution in [0.3, 0.4) is 0 Å². The van der Waals surface area contributed by atoms with E-state index >= 15 is 0 Å². The van der Waals surface area contributed by atoms with Gasteiger partial charge in [0.05, 0.1) is 17.7 Å². The molecule has 0 radical (unpaired) electrons. The molecule has 0 spiro atoms. The van der Waals surface area contributed by atoms with Gasteiger partial charge in [0, 0.05) is 27.9 Å². The van der Waals surface area contributed by atoms with E-state index in [-0.39, 0.29) is 18.9 Å². The van der Waals surface area contributed by atoms with Crippen LogP contribution in [0.4, 0.5) is 11.4 Å². The zero-order chi connectivity index (χ0) is 19.4. The van der Waals surface area contributed by atoms with Crippen molar-refractivity contribution < 1.29 is 24.3 Å². The number of nitrogens with zero attached hydrogens (tertiary/aromatic N) is 2.